The summed E-state index contributed by atoms with van der Waals surface area (Å²) in [5.74, 6) is 0.920. The second-order valence-corrected chi connectivity index (χ2v) is 10.4. The van der Waals surface area contributed by atoms with Gasteiger partial charge in [-0.15, -0.1) is 0 Å². The highest BCUT2D eigenvalue weighted by atomic mass is 32.2. The van der Waals surface area contributed by atoms with Crippen LogP contribution >= 0.6 is 0 Å². The highest BCUT2D eigenvalue weighted by Crippen LogP contribution is 2.41. The SMILES string of the molecule is CC(C)(CN1CC[C@]2(CCS(=O)(=O)C2)C1)Oc1ccc(C(F)(F)F)cc1. The molecule has 0 unspecified atom stereocenters. The van der Waals surface area contributed by atoms with Crippen LogP contribution in [-0.4, -0.2) is 50.1 Å². The quantitative estimate of drug-likeness (QED) is 0.790. The van der Waals surface area contributed by atoms with E-state index < -0.39 is 27.2 Å². The molecule has 1 atom stereocenters. The van der Waals surface area contributed by atoms with Crippen molar-refractivity contribution in [3.8, 4) is 5.75 Å². The van der Waals surface area contributed by atoms with Gasteiger partial charge in [0.05, 0.1) is 17.1 Å². The predicted octanol–water partition coefficient (Wildman–Crippen LogP) is 3.37. The van der Waals surface area contributed by atoms with Gasteiger partial charge in [-0.3, -0.25) is 4.90 Å². The van der Waals surface area contributed by atoms with Crippen molar-refractivity contribution < 1.29 is 26.3 Å². The van der Waals surface area contributed by atoms with Crippen LogP contribution in [0.4, 0.5) is 13.2 Å². The number of alkyl halides is 3. The molecule has 2 aliphatic rings. The van der Waals surface area contributed by atoms with E-state index in [0.29, 0.717) is 18.7 Å². The van der Waals surface area contributed by atoms with Crippen LogP contribution in [-0.2, 0) is 16.0 Å². The summed E-state index contributed by atoms with van der Waals surface area (Å²) in [6, 6.07) is 4.69. The lowest BCUT2D eigenvalue weighted by Gasteiger charge is -2.32. The molecule has 0 aliphatic carbocycles. The van der Waals surface area contributed by atoms with E-state index in [1.54, 1.807) is 0 Å². The number of rotatable bonds is 4. The molecule has 0 saturated carbocycles. The van der Waals surface area contributed by atoms with Crippen LogP contribution in [0.25, 0.3) is 0 Å². The van der Waals surface area contributed by atoms with Gasteiger partial charge in [0, 0.05) is 13.1 Å². The van der Waals surface area contributed by atoms with E-state index in [4.69, 9.17) is 4.74 Å². The molecule has 0 aromatic heterocycles. The molecule has 2 heterocycles. The van der Waals surface area contributed by atoms with Crippen LogP contribution in [0.15, 0.2) is 24.3 Å². The first kappa shape index (κ1) is 19.5. The summed E-state index contributed by atoms with van der Waals surface area (Å²) >= 11 is 0. The number of halogens is 3. The Bertz CT molecular complexity index is 759. The first-order valence-electron chi connectivity index (χ1n) is 8.67. The molecule has 1 aromatic carbocycles. The molecule has 2 fully saturated rings. The Labute approximate surface area is 152 Å². The fraction of sp³-hybridized carbons (Fsp3) is 0.667. The van der Waals surface area contributed by atoms with Gasteiger partial charge < -0.3 is 4.74 Å². The third kappa shape index (κ3) is 4.52. The van der Waals surface area contributed by atoms with Crippen molar-refractivity contribution in [2.24, 2.45) is 5.41 Å². The van der Waals surface area contributed by atoms with E-state index in [-0.39, 0.29) is 16.9 Å². The monoisotopic (exact) mass is 391 g/mol. The van der Waals surface area contributed by atoms with Crippen molar-refractivity contribution in [3.05, 3.63) is 29.8 Å². The smallest absolute Gasteiger partial charge is 0.416 e. The molecule has 1 spiro atoms. The Kier molecular flexibility index (Phi) is 4.80. The van der Waals surface area contributed by atoms with Crippen molar-refractivity contribution >= 4 is 9.84 Å². The Morgan fingerprint density at radius 3 is 2.35 bits per heavy atom. The van der Waals surface area contributed by atoms with E-state index in [2.05, 4.69) is 4.90 Å². The zero-order valence-corrected chi connectivity index (χ0v) is 15.8. The van der Waals surface area contributed by atoms with Crippen LogP contribution < -0.4 is 4.74 Å². The number of sulfone groups is 1. The van der Waals surface area contributed by atoms with E-state index in [9.17, 15) is 21.6 Å². The normalized spacial score (nSPS) is 26.5. The van der Waals surface area contributed by atoms with Crippen molar-refractivity contribution in [1.82, 2.24) is 4.90 Å². The fourth-order valence-corrected chi connectivity index (χ4v) is 6.27. The fourth-order valence-electron chi connectivity index (χ4n) is 4.07. The second kappa shape index (κ2) is 6.41. The van der Waals surface area contributed by atoms with Crippen molar-refractivity contribution in [2.45, 2.75) is 38.5 Å². The van der Waals surface area contributed by atoms with E-state index in [1.807, 2.05) is 13.8 Å². The summed E-state index contributed by atoms with van der Waals surface area (Å²) in [6.07, 6.45) is -2.78. The van der Waals surface area contributed by atoms with Gasteiger partial charge in [-0.25, -0.2) is 8.42 Å². The largest absolute Gasteiger partial charge is 0.487 e. The highest BCUT2D eigenvalue weighted by molar-refractivity contribution is 7.91. The minimum absolute atomic E-state index is 0.136. The second-order valence-electron chi connectivity index (χ2n) is 8.19. The summed E-state index contributed by atoms with van der Waals surface area (Å²) in [4.78, 5) is 2.20. The highest BCUT2D eigenvalue weighted by Gasteiger charge is 2.47. The minimum Gasteiger partial charge on any atom is -0.487 e. The number of ether oxygens (including phenoxy) is 1. The van der Waals surface area contributed by atoms with Crippen LogP contribution in [0.1, 0.15) is 32.3 Å². The molecule has 146 valence electrons. The van der Waals surface area contributed by atoms with Crippen LogP contribution in [0.2, 0.25) is 0 Å². The Hall–Kier alpha value is -1.28. The molecule has 0 amide bonds. The maximum atomic E-state index is 12.6. The molecule has 8 heteroatoms. The first-order valence-corrected chi connectivity index (χ1v) is 10.5. The summed E-state index contributed by atoms with van der Waals surface area (Å²) < 4.78 is 67.4. The van der Waals surface area contributed by atoms with Gasteiger partial charge in [0.1, 0.15) is 11.4 Å². The summed E-state index contributed by atoms with van der Waals surface area (Å²) in [5, 5.41) is 0. The maximum Gasteiger partial charge on any atom is 0.416 e. The third-order valence-corrected chi connectivity index (χ3v) is 7.05. The third-order valence-electron chi connectivity index (χ3n) is 5.17. The molecule has 2 saturated heterocycles. The lowest BCUT2D eigenvalue weighted by Crippen LogP contribution is -2.43. The van der Waals surface area contributed by atoms with Crippen LogP contribution in [0.5, 0.6) is 5.75 Å². The van der Waals surface area contributed by atoms with Gasteiger partial charge in [-0.05, 0) is 62.9 Å². The predicted molar refractivity (Wildman–Crippen MR) is 92.9 cm³/mol. The van der Waals surface area contributed by atoms with Gasteiger partial charge in [0.2, 0.25) is 0 Å². The van der Waals surface area contributed by atoms with E-state index in [1.165, 1.54) is 12.1 Å². The molecule has 3 rings (SSSR count). The summed E-state index contributed by atoms with van der Waals surface area (Å²) in [7, 11) is -2.92. The van der Waals surface area contributed by atoms with Gasteiger partial charge in [0.15, 0.2) is 9.84 Å². The summed E-state index contributed by atoms with van der Waals surface area (Å²) in [5.41, 5.74) is -1.43. The molecule has 0 bridgehead atoms. The molecule has 4 nitrogen and oxygen atoms in total. The maximum absolute atomic E-state index is 12.6. The molecule has 0 N–H and O–H groups in total. The number of hydrogen-bond donors (Lipinski definition) is 0. The number of hydrogen-bond acceptors (Lipinski definition) is 4. The van der Waals surface area contributed by atoms with Crippen molar-refractivity contribution in [3.63, 3.8) is 0 Å². The number of benzene rings is 1. The molecule has 2 aliphatic heterocycles. The van der Waals surface area contributed by atoms with E-state index >= 15 is 0 Å². The standard InChI is InChI=1S/C18H24F3NO3S/c1-16(2,25-15-5-3-14(4-6-15)18(19,20)21)11-22-9-7-17(12-22)8-10-26(23,24)13-17/h3-6H,7-13H2,1-2H3/t17-/m0/s1. The molecule has 26 heavy (non-hydrogen) atoms. The van der Waals surface area contributed by atoms with Gasteiger partial charge in [0.25, 0.3) is 0 Å². The van der Waals surface area contributed by atoms with Gasteiger partial charge >= 0.3 is 6.18 Å². The Morgan fingerprint density at radius 1 is 1.15 bits per heavy atom. The van der Waals surface area contributed by atoms with Gasteiger partial charge in [-0.1, -0.05) is 0 Å². The average Bonchev–Trinajstić information content (AvgIpc) is 3.00. The zero-order valence-electron chi connectivity index (χ0n) is 15.0. The van der Waals surface area contributed by atoms with E-state index in [0.717, 1.165) is 31.6 Å². The van der Waals surface area contributed by atoms with Crippen molar-refractivity contribution in [2.75, 3.05) is 31.1 Å². The molecular weight excluding hydrogens is 367 g/mol. The summed E-state index contributed by atoms with van der Waals surface area (Å²) in [6.45, 7) is 5.92. The minimum atomic E-state index is -4.36. The molecule has 1 aromatic rings. The molecular formula is C18H24F3NO3S. The Morgan fingerprint density at radius 2 is 1.81 bits per heavy atom. The molecule has 0 radical (unpaired) electrons. The van der Waals surface area contributed by atoms with Gasteiger partial charge in [-0.2, -0.15) is 13.2 Å². The van der Waals surface area contributed by atoms with Crippen molar-refractivity contribution in [1.29, 1.82) is 0 Å². The zero-order chi connectivity index (χ0) is 19.2. The first-order chi connectivity index (χ1) is 11.9. The average molecular weight is 391 g/mol. The number of likely N-dealkylation sites (tertiary alicyclic amines) is 1. The van der Waals surface area contributed by atoms with Crippen LogP contribution in [0.3, 0.4) is 0 Å². The van der Waals surface area contributed by atoms with Crippen LogP contribution in [0, 0.1) is 5.41 Å². The topological polar surface area (TPSA) is 46.6 Å². The number of nitrogens with zero attached hydrogens (tertiary/aromatic N) is 1. The Balaban J connectivity index is 1.59. The lowest BCUT2D eigenvalue weighted by molar-refractivity contribution is -0.137. The lowest BCUT2D eigenvalue weighted by atomic mass is 9.87.